The predicted molar refractivity (Wildman–Crippen MR) is 154 cm³/mol. The largest absolute Gasteiger partial charge is 0.489 e. The van der Waals surface area contributed by atoms with Crippen molar-refractivity contribution in [3.8, 4) is 17.0 Å². The summed E-state index contributed by atoms with van der Waals surface area (Å²) in [5, 5.41) is 21.8. The number of hydrogen-bond donors (Lipinski definition) is 2. The van der Waals surface area contributed by atoms with E-state index in [0.29, 0.717) is 41.2 Å². The van der Waals surface area contributed by atoms with Crippen molar-refractivity contribution < 1.29 is 19.7 Å². The van der Waals surface area contributed by atoms with Gasteiger partial charge in [0.25, 0.3) is 0 Å². The van der Waals surface area contributed by atoms with Crippen LogP contribution in [0.15, 0.2) is 60.7 Å². The summed E-state index contributed by atoms with van der Waals surface area (Å²) in [6, 6.07) is 18.3. The topological polar surface area (TPSA) is 79.7 Å². The molecule has 8 heteroatoms. The Bertz CT molecular complexity index is 1550. The van der Waals surface area contributed by atoms with E-state index in [9.17, 15) is 15.0 Å². The molecule has 2 saturated carbocycles. The number of carboxylic acids is 1. The van der Waals surface area contributed by atoms with Gasteiger partial charge in [-0.25, -0.2) is 4.79 Å². The molecule has 1 heterocycles. The summed E-state index contributed by atoms with van der Waals surface area (Å²) >= 11 is 14.5. The van der Waals surface area contributed by atoms with E-state index in [1.54, 1.807) is 18.2 Å². The number of aromatic nitrogens is 1. The zero-order valence-electron chi connectivity index (χ0n) is 21.3. The summed E-state index contributed by atoms with van der Waals surface area (Å²) in [5.74, 6) is 0.403. The Balaban J connectivity index is 1.19. The molecule has 6 rings (SSSR count). The van der Waals surface area contributed by atoms with Gasteiger partial charge in [0.1, 0.15) is 12.4 Å². The zero-order valence-corrected chi connectivity index (χ0v) is 23.6. The van der Waals surface area contributed by atoms with Gasteiger partial charge < -0.3 is 14.9 Å². The molecule has 0 saturated heterocycles. The Kier molecular flexibility index (Phi) is 6.92. The smallest absolute Gasteiger partial charge is 0.335 e. The van der Waals surface area contributed by atoms with Crippen LogP contribution in [0.5, 0.6) is 5.75 Å². The summed E-state index contributed by atoms with van der Waals surface area (Å²) in [6.45, 7) is 2.33. The standard InChI is InChI=1S/C31H27Cl2NO4S/c1-17-12-22(10-11-24(17)31(37)14-21(15-31)19-4-2-5-20(13-19)30(35)36)38-16-23-28(34-39-29(23)18-8-9-18)27-25(32)6-3-7-26(27)33/h2-7,10-13,18,21,37H,8-9,14-16H2,1H3,(H,35,36). The van der Waals surface area contributed by atoms with Crippen molar-refractivity contribution in [2.24, 2.45) is 0 Å². The number of benzene rings is 3. The van der Waals surface area contributed by atoms with Crippen LogP contribution < -0.4 is 4.74 Å². The molecule has 0 bridgehead atoms. The maximum Gasteiger partial charge on any atom is 0.335 e. The summed E-state index contributed by atoms with van der Waals surface area (Å²) in [5.41, 5.74) is 4.65. The lowest BCUT2D eigenvalue weighted by Crippen LogP contribution is -2.40. The normalized spacial score (nSPS) is 20.5. The van der Waals surface area contributed by atoms with Crippen LogP contribution in [0.4, 0.5) is 0 Å². The van der Waals surface area contributed by atoms with Gasteiger partial charge in [0, 0.05) is 16.0 Å². The third-order valence-electron chi connectivity index (χ3n) is 7.82. The van der Waals surface area contributed by atoms with E-state index >= 15 is 0 Å². The Morgan fingerprint density at radius 1 is 1.05 bits per heavy atom. The van der Waals surface area contributed by atoms with Crippen molar-refractivity contribution in [3.63, 3.8) is 0 Å². The molecule has 0 spiro atoms. The van der Waals surface area contributed by atoms with E-state index in [4.69, 9.17) is 32.3 Å². The van der Waals surface area contributed by atoms with Crippen molar-refractivity contribution in [1.29, 1.82) is 0 Å². The first-order chi connectivity index (χ1) is 18.7. The Morgan fingerprint density at radius 2 is 1.77 bits per heavy atom. The fourth-order valence-electron chi connectivity index (χ4n) is 5.59. The minimum absolute atomic E-state index is 0.117. The van der Waals surface area contributed by atoms with E-state index < -0.39 is 11.6 Å². The number of nitrogens with zero attached hydrogens (tertiary/aromatic N) is 1. The zero-order chi connectivity index (χ0) is 27.3. The lowest BCUT2D eigenvalue weighted by Gasteiger charge is -2.45. The SMILES string of the molecule is Cc1cc(OCc2c(-c3c(Cl)cccc3Cl)nsc2C2CC2)ccc1C1(O)CC(c2cccc(C(=O)O)c2)C1. The third-order valence-corrected chi connectivity index (χ3v) is 9.50. The highest BCUT2D eigenvalue weighted by atomic mass is 35.5. The molecule has 4 aromatic rings. The van der Waals surface area contributed by atoms with Gasteiger partial charge in [-0.3, -0.25) is 0 Å². The number of hydrogen-bond acceptors (Lipinski definition) is 5. The number of carboxylic acid groups (broad SMARTS) is 1. The van der Waals surface area contributed by atoms with Crippen LogP contribution >= 0.6 is 34.7 Å². The van der Waals surface area contributed by atoms with Crippen molar-refractivity contribution in [2.75, 3.05) is 0 Å². The molecular formula is C31H27Cl2NO4S. The first-order valence-electron chi connectivity index (χ1n) is 13.0. The van der Waals surface area contributed by atoms with Gasteiger partial charge in [0.2, 0.25) is 0 Å². The molecule has 0 amide bonds. The van der Waals surface area contributed by atoms with E-state index in [1.165, 1.54) is 16.4 Å². The van der Waals surface area contributed by atoms with Crippen molar-refractivity contribution in [2.45, 2.75) is 56.7 Å². The van der Waals surface area contributed by atoms with Gasteiger partial charge in [-0.15, -0.1) is 0 Å². The minimum Gasteiger partial charge on any atom is -0.489 e. The van der Waals surface area contributed by atoms with Gasteiger partial charge >= 0.3 is 5.97 Å². The molecule has 0 aliphatic heterocycles. The lowest BCUT2D eigenvalue weighted by molar-refractivity contribution is -0.0555. The lowest BCUT2D eigenvalue weighted by atomic mass is 9.64. The number of aliphatic hydroxyl groups is 1. The van der Waals surface area contributed by atoms with Gasteiger partial charge in [-0.2, -0.15) is 4.37 Å². The summed E-state index contributed by atoms with van der Waals surface area (Å²) in [4.78, 5) is 12.6. The minimum atomic E-state index is -0.948. The van der Waals surface area contributed by atoms with Crippen LogP contribution in [0, 0.1) is 6.92 Å². The molecule has 1 aromatic heterocycles. The van der Waals surface area contributed by atoms with E-state index in [1.807, 2.05) is 49.4 Å². The Morgan fingerprint density at radius 3 is 2.44 bits per heavy atom. The molecule has 0 radical (unpaired) electrons. The maximum atomic E-state index is 11.4. The number of ether oxygens (including phenoxy) is 1. The monoisotopic (exact) mass is 579 g/mol. The molecule has 3 aromatic carbocycles. The summed E-state index contributed by atoms with van der Waals surface area (Å²) in [7, 11) is 0. The van der Waals surface area contributed by atoms with Gasteiger partial charge in [0.15, 0.2) is 0 Å². The molecule has 2 aliphatic rings. The van der Waals surface area contributed by atoms with E-state index in [0.717, 1.165) is 46.4 Å². The van der Waals surface area contributed by atoms with Crippen LogP contribution in [0.25, 0.3) is 11.3 Å². The Labute approximate surface area is 241 Å². The molecule has 2 fully saturated rings. The number of carbonyl (C=O) groups is 1. The number of rotatable bonds is 8. The number of aryl methyl sites for hydroxylation is 1. The second kappa shape index (κ2) is 10.3. The molecule has 200 valence electrons. The number of aromatic carboxylic acids is 1. The highest BCUT2D eigenvalue weighted by Crippen LogP contribution is 2.52. The van der Waals surface area contributed by atoms with Gasteiger partial charge in [0.05, 0.1) is 26.9 Å². The molecule has 39 heavy (non-hydrogen) atoms. The van der Waals surface area contributed by atoms with Crippen LogP contribution in [0.2, 0.25) is 10.0 Å². The third kappa shape index (κ3) is 5.07. The van der Waals surface area contributed by atoms with Crippen LogP contribution in [-0.4, -0.2) is 20.6 Å². The summed E-state index contributed by atoms with van der Waals surface area (Å²) < 4.78 is 11.0. The average Bonchev–Trinajstić information content (AvgIpc) is 3.66. The van der Waals surface area contributed by atoms with Gasteiger partial charge in [-0.05, 0) is 109 Å². The molecule has 5 nitrogen and oxygen atoms in total. The second-order valence-electron chi connectivity index (χ2n) is 10.6. The fourth-order valence-corrected chi connectivity index (χ4v) is 7.21. The fraction of sp³-hybridized carbons (Fsp3) is 0.290. The molecule has 0 unspecified atom stereocenters. The van der Waals surface area contributed by atoms with Crippen molar-refractivity contribution in [3.05, 3.63) is 103 Å². The quantitative estimate of drug-likeness (QED) is 0.219. The van der Waals surface area contributed by atoms with Gasteiger partial charge in [-0.1, -0.05) is 47.5 Å². The molecule has 2 aliphatic carbocycles. The predicted octanol–water partition coefficient (Wildman–Crippen LogP) is 8.35. The molecular weight excluding hydrogens is 553 g/mol. The maximum absolute atomic E-state index is 11.4. The first-order valence-corrected chi connectivity index (χ1v) is 14.5. The highest BCUT2D eigenvalue weighted by molar-refractivity contribution is 7.06. The average molecular weight is 581 g/mol. The second-order valence-corrected chi connectivity index (χ2v) is 12.2. The highest BCUT2D eigenvalue weighted by Gasteiger charge is 2.45. The number of halogens is 2. The first kappa shape index (κ1) is 26.3. The van der Waals surface area contributed by atoms with Crippen LogP contribution in [0.1, 0.15) is 75.0 Å². The molecule has 0 atom stereocenters. The van der Waals surface area contributed by atoms with Crippen molar-refractivity contribution >= 4 is 40.7 Å². The van der Waals surface area contributed by atoms with Crippen molar-refractivity contribution in [1.82, 2.24) is 4.37 Å². The Hall–Kier alpha value is -2.90. The van der Waals surface area contributed by atoms with E-state index in [2.05, 4.69) is 0 Å². The molecule has 2 N–H and O–H groups in total. The van der Waals surface area contributed by atoms with Crippen LogP contribution in [-0.2, 0) is 12.2 Å². The summed E-state index contributed by atoms with van der Waals surface area (Å²) in [6.07, 6.45) is 3.40. The van der Waals surface area contributed by atoms with Crippen LogP contribution in [0.3, 0.4) is 0 Å². The van der Waals surface area contributed by atoms with E-state index in [-0.39, 0.29) is 11.5 Å².